The highest BCUT2D eigenvalue weighted by Crippen LogP contribution is 2.37. The van der Waals surface area contributed by atoms with Crippen LogP contribution in [0.3, 0.4) is 0 Å². The van der Waals surface area contributed by atoms with Gasteiger partial charge in [-0.3, -0.25) is 0 Å². The van der Waals surface area contributed by atoms with E-state index in [0.717, 1.165) is 5.57 Å². The molecular weight excluding hydrogens is 188 g/mol. The largest absolute Gasteiger partial charge is 0.463 e. The van der Waals surface area contributed by atoms with Crippen molar-refractivity contribution in [2.24, 2.45) is 23.7 Å². The minimum atomic E-state index is -0.129. The van der Waals surface area contributed by atoms with Crippen LogP contribution in [0.5, 0.6) is 0 Å². The molecule has 0 saturated carbocycles. The molecule has 1 aliphatic carbocycles. The molecule has 4 unspecified atom stereocenters. The first-order valence-electron chi connectivity index (χ1n) is 5.87. The second-order valence-electron chi connectivity index (χ2n) is 4.71. The van der Waals surface area contributed by atoms with Crippen LogP contribution in [0.2, 0.25) is 0 Å². The van der Waals surface area contributed by atoms with E-state index in [1.54, 1.807) is 0 Å². The van der Waals surface area contributed by atoms with E-state index in [4.69, 9.17) is 4.74 Å². The fourth-order valence-electron chi connectivity index (χ4n) is 2.27. The van der Waals surface area contributed by atoms with E-state index >= 15 is 0 Å². The predicted octanol–water partition coefficient (Wildman–Crippen LogP) is 3.03. The van der Waals surface area contributed by atoms with E-state index in [0.29, 0.717) is 30.3 Å². The fourth-order valence-corrected chi connectivity index (χ4v) is 2.27. The predicted molar refractivity (Wildman–Crippen MR) is 61.4 cm³/mol. The zero-order chi connectivity index (χ0) is 11.6. The summed E-state index contributed by atoms with van der Waals surface area (Å²) in [4.78, 5) is 11.7. The molecule has 0 aromatic rings. The van der Waals surface area contributed by atoms with Gasteiger partial charge in [-0.25, -0.2) is 4.79 Å². The van der Waals surface area contributed by atoms with Gasteiger partial charge < -0.3 is 4.74 Å². The van der Waals surface area contributed by atoms with E-state index in [2.05, 4.69) is 33.8 Å². The molecule has 0 aromatic heterocycles. The lowest BCUT2D eigenvalue weighted by Gasteiger charge is -2.35. The molecule has 0 heterocycles. The SMILES string of the molecule is CCOC(=O)C1=CC(C)C(C)C(C)C1C. The summed E-state index contributed by atoms with van der Waals surface area (Å²) in [6.45, 7) is 11.1. The van der Waals surface area contributed by atoms with Gasteiger partial charge in [0.2, 0.25) is 0 Å². The Labute approximate surface area is 92.7 Å². The average molecular weight is 210 g/mol. The normalized spacial score (nSPS) is 35.9. The number of carbonyl (C=O) groups is 1. The Bertz CT molecular complexity index is 268. The van der Waals surface area contributed by atoms with Crippen LogP contribution in [0.1, 0.15) is 34.6 Å². The van der Waals surface area contributed by atoms with E-state index in [9.17, 15) is 4.79 Å². The van der Waals surface area contributed by atoms with Gasteiger partial charge >= 0.3 is 5.97 Å². The van der Waals surface area contributed by atoms with E-state index in [-0.39, 0.29) is 5.97 Å². The third-order valence-electron chi connectivity index (χ3n) is 3.89. The van der Waals surface area contributed by atoms with E-state index in [1.807, 2.05) is 6.92 Å². The number of carbonyl (C=O) groups excluding carboxylic acids is 1. The van der Waals surface area contributed by atoms with Crippen LogP contribution in [0.25, 0.3) is 0 Å². The summed E-state index contributed by atoms with van der Waals surface area (Å²) in [5.74, 6) is 1.84. The third-order valence-corrected chi connectivity index (χ3v) is 3.89. The zero-order valence-corrected chi connectivity index (χ0v) is 10.4. The van der Waals surface area contributed by atoms with Crippen molar-refractivity contribution in [3.05, 3.63) is 11.6 Å². The first-order valence-corrected chi connectivity index (χ1v) is 5.87. The minimum Gasteiger partial charge on any atom is -0.463 e. The van der Waals surface area contributed by atoms with Gasteiger partial charge in [-0.2, -0.15) is 0 Å². The lowest BCUT2D eigenvalue weighted by Crippen LogP contribution is -2.31. The van der Waals surface area contributed by atoms with Crippen molar-refractivity contribution < 1.29 is 9.53 Å². The first-order chi connectivity index (χ1) is 6.99. The molecule has 0 spiro atoms. The first kappa shape index (κ1) is 12.3. The molecule has 0 N–H and O–H groups in total. The summed E-state index contributed by atoms with van der Waals surface area (Å²) in [6.07, 6.45) is 2.09. The second kappa shape index (κ2) is 4.82. The molecule has 0 radical (unpaired) electrons. The van der Waals surface area contributed by atoms with Crippen LogP contribution >= 0.6 is 0 Å². The van der Waals surface area contributed by atoms with Crippen molar-refractivity contribution in [3.63, 3.8) is 0 Å². The van der Waals surface area contributed by atoms with Crippen molar-refractivity contribution in [2.75, 3.05) is 6.61 Å². The Balaban J connectivity index is 2.88. The fraction of sp³-hybridized carbons (Fsp3) is 0.769. The van der Waals surface area contributed by atoms with Crippen LogP contribution in [-0.2, 0) is 9.53 Å². The van der Waals surface area contributed by atoms with Gasteiger partial charge in [0, 0.05) is 5.57 Å². The molecule has 0 fully saturated rings. The van der Waals surface area contributed by atoms with Crippen molar-refractivity contribution in [1.82, 2.24) is 0 Å². The average Bonchev–Trinajstić information content (AvgIpc) is 2.20. The highest BCUT2D eigenvalue weighted by molar-refractivity contribution is 5.89. The zero-order valence-electron chi connectivity index (χ0n) is 10.4. The monoisotopic (exact) mass is 210 g/mol. The van der Waals surface area contributed by atoms with Crippen molar-refractivity contribution >= 4 is 5.97 Å². The summed E-state index contributed by atoms with van der Waals surface area (Å²) in [6, 6.07) is 0. The molecule has 1 aliphatic rings. The second-order valence-corrected chi connectivity index (χ2v) is 4.71. The highest BCUT2D eigenvalue weighted by Gasteiger charge is 2.33. The lowest BCUT2D eigenvalue weighted by molar-refractivity contribution is -0.139. The number of hydrogen-bond acceptors (Lipinski definition) is 2. The molecule has 4 atom stereocenters. The summed E-state index contributed by atoms with van der Waals surface area (Å²) in [5.41, 5.74) is 0.870. The van der Waals surface area contributed by atoms with Crippen molar-refractivity contribution in [3.8, 4) is 0 Å². The lowest BCUT2D eigenvalue weighted by atomic mass is 9.70. The Morgan fingerprint density at radius 2 is 1.87 bits per heavy atom. The van der Waals surface area contributed by atoms with Crippen LogP contribution in [0.4, 0.5) is 0 Å². The van der Waals surface area contributed by atoms with Crippen LogP contribution in [0, 0.1) is 23.7 Å². The van der Waals surface area contributed by atoms with Crippen molar-refractivity contribution in [2.45, 2.75) is 34.6 Å². The molecule has 2 heteroatoms. The van der Waals surface area contributed by atoms with Gasteiger partial charge in [-0.05, 0) is 30.6 Å². The minimum absolute atomic E-state index is 0.129. The Hall–Kier alpha value is -0.790. The number of allylic oxidation sites excluding steroid dienone is 1. The van der Waals surface area contributed by atoms with Gasteiger partial charge in [0.1, 0.15) is 0 Å². The number of esters is 1. The molecule has 0 saturated heterocycles. The highest BCUT2D eigenvalue weighted by atomic mass is 16.5. The smallest absolute Gasteiger partial charge is 0.333 e. The number of hydrogen-bond donors (Lipinski definition) is 0. The molecule has 1 rings (SSSR count). The molecule has 15 heavy (non-hydrogen) atoms. The maximum atomic E-state index is 11.7. The van der Waals surface area contributed by atoms with E-state index in [1.165, 1.54) is 0 Å². The summed E-state index contributed by atoms with van der Waals surface area (Å²) in [5, 5.41) is 0. The Morgan fingerprint density at radius 1 is 1.27 bits per heavy atom. The molecule has 2 nitrogen and oxygen atoms in total. The molecule has 0 bridgehead atoms. The number of rotatable bonds is 2. The summed E-state index contributed by atoms with van der Waals surface area (Å²) < 4.78 is 5.08. The van der Waals surface area contributed by atoms with Crippen LogP contribution in [0.15, 0.2) is 11.6 Å². The van der Waals surface area contributed by atoms with Gasteiger partial charge in [0.25, 0.3) is 0 Å². The van der Waals surface area contributed by atoms with Gasteiger partial charge in [0.15, 0.2) is 0 Å². The third kappa shape index (κ3) is 2.42. The van der Waals surface area contributed by atoms with Crippen LogP contribution < -0.4 is 0 Å². The summed E-state index contributed by atoms with van der Waals surface area (Å²) in [7, 11) is 0. The molecule has 0 amide bonds. The van der Waals surface area contributed by atoms with Gasteiger partial charge in [-0.1, -0.05) is 33.8 Å². The number of ether oxygens (including phenoxy) is 1. The van der Waals surface area contributed by atoms with Gasteiger partial charge in [-0.15, -0.1) is 0 Å². The topological polar surface area (TPSA) is 26.3 Å². The Morgan fingerprint density at radius 3 is 2.40 bits per heavy atom. The van der Waals surface area contributed by atoms with Crippen LogP contribution in [-0.4, -0.2) is 12.6 Å². The molecule has 0 aromatic carbocycles. The maximum Gasteiger partial charge on any atom is 0.333 e. The molecular formula is C13H22O2. The Kier molecular flexibility index (Phi) is 3.95. The van der Waals surface area contributed by atoms with E-state index < -0.39 is 0 Å². The van der Waals surface area contributed by atoms with Gasteiger partial charge in [0.05, 0.1) is 6.61 Å². The standard InChI is InChI=1S/C13H22O2/c1-6-15-13(14)12-7-8(2)9(3)10(4)11(12)5/h7-11H,6H2,1-5H3. The quantitative estimate of drug-likeness (QED) is 0.655. The van der Waals surface area contributed by atoms with Crippen molar-refractivity contribution in [1.29, 1.82) is 0 Å². The summed E-state index contributed by atoms with van der Waals surface area (Å²) >= 11 is 0. The maximum absolute atomic E-state index is 11.7. The molecule has 0 aliphatic heterocycles. The molecule has 86 valence electrons.